The van der Waals surface area contributed by atoms with Crippen molar-refractivity contribution in [3.05, 3.63) is 53.2 Å². The number of hydrogen-bond acceptors (Lipinski definition) is 7. The third-order valence-electron chi connectivity index (χ3n) is 7.93. The minimum atomic E-state index is -4.65. The van der Waals surface area contributed by atoms with Crippen LogP contribution in [-0.2, 0) is 15.7 Å². The van der Waals surface area contributed by atoms with Gasteiger partial charge in [-0.1, -0.05) is 0 Å². The van der Waals surface area contributed by atoms with Crippen LogP contribution in [0.3, 0.4) is 0 Å². The molecule has 1 N–H and O–H groups in total. The third kappa shape index (κ3) is 7.23. The summed E-state index contributed by atoms with van der Waals surface area (Å²) in [5, 5.41) is 10.9. The molecule has 14 heteroatoms. The molecular weight excluding hydrogens is 589 g/mol. The molecule has 2 saturated heterocycles. The van der Waals surface area contributed by atoms with Crippen molar-refractivity contribution in [2.24, 2.45) is 0 Å². The van der Waals surface area contributed by atoms with Crippen molar-refractivity contribution in [1.82, 2.24) is 14.8 Å². The summed E-state index contributed by atoms with van der Waals surface area (Å²) in [6.07, 6.45) is -6.05. The van der Waals surface area contributed by atoms with Gasteiger partial charge in [0.1, 0.15) is 17.5 Å². The van der Waals surface area contributed by atoms with E-state index in [1.54, 1.807) is 34.7 Å². The first-order valence-corrected chi connectivity index (χ1v) is 14.4. The molecule has 2 aliphatic rings. The summed E-state index contributed by atoms with van der Waals surface area (Å²) in [6, 6.07) is 2.83. The predicted molar refractivity (Wildman–Crippen MR) is 153 cm³/mol. The van der Waals surface area contributed by atoms with Gasteiger partial charge in [-0.15, -0.1) is 0 Å². The lowest BCUT2D eigenvalue weighted by Crippen LogP contribution is -2.47. The maximum Gasteiger partial charge on any atom is 0.416 e. The quantitative estimate of drug-likeness (QED) is 0.469. The second kappa shape index (κ2) is 12.5. The van der Waals surface area contributed by atoms with E-state index in [-0.39, 0.29) is 49.8 Å². The number of β-amino-alcohol motifs (C(OH)–C–C–N with tert-alkyl or cyclic N) is 1. The molecule has 9 nitrogen and oxygen atoms in total. The number of hydrogen-bond donors (Lipinski definition) is 1. The monoisotopic (exact) mass is 627 g/mol. The van der Waals surface area contributed by atoms with E-state index in [2.05, 4.69) is 4.98 Å². The largest absolute Gasteiger partial charge is 0.444 e. The molecule has 0 saturated carbocycles. The highest BCUT2D eigenvalue weighted by molar-refractivity contribution is 5.99. The topological polar surface area (TPSA) is 89.5 Å². The molecule has 4 atom stereocenters. The Morgan fingerprint density at radius 1 is 1.07 bits per heavy atom. The standard InChI is InChI=1S/C30H38F5N5O4/c1-7-39(19-8-9-21(31)22(32)12-19)27(42)23-13-20(14-40(23)26-11-18(30(33,34)35)10-17(2)36-26)37(6)24-15-38(16-25(24)41)28(43)44-29(3,4)5/h8-12,20,23-25,41H,7,13-16H2,1-6H3/t20-,23-,24+,25+/m0/s1. The average molecular weight is 628 g/mol. The van der Waals surface area contributed by atoms with Gasteiger partial charge in [-0.25, -0.2) is 18.6 Å². The summed E-state index contributed by atoms with van der Waals surface area (Å²) < 4.78 is 74.5. The lowest BCUT2D eigenvalue weighted by atomic mass is 10.1. The number of likely N-dealkylation sites (N-methyl/N-ethyl adjacent to an activating group) is 2. The summed E-state index contributed by atoms with van der Waals surface area (Å²) in [7, 11) is 1.72. The summed E-state index contributed by atoms with van der Waals surface area (Å²) in [4.78, 5) is 37.0. The third-order valence-corrected chi connectivity index (χ3v) is 7.93. The Morgan fingerprint density at radius 2 is 1.75 bits per heavy atom. The van der Waals surface area contributed by atoms with Gasteiger partial charge in [-0.2, -0.15) is 13.2 Å². The fourth-order valence-electron chi connectivity index (χ4n) is 5.77. The van der Waals surface area contributed by atoms with Crippen LogP contribution < -0.4 is 9.80 Å². The maximum atomic E-state index is 14.1. The van der Waals surface area contributed by atoms with Gasteiger partial charge in [0.25, 0.3) is 0 Å². The van der Waals surface area contributed by atoms with Gasteiger partial charge in [0, 0.05) is 43.1 Å². The molecule has 242 valence electrons. The van der Waals surface area contributed by atoms with Crippen molar-refractivity contribution in [2.75, 3.05) is 43.0 Å². The number of likely N-dealkylation sites (tertiary alicyclic amines) is 1. The van der Waals surface area contributed by atoms with Crippen LogP contribution in [0.5, 0.6) is 0 Å². The molecule has 0 radical (unpaired) electrons. The number of aromatic nitrogens is 1. The smallest absolute Gasteiger partial charge is 0.416 e. The van der Waals surface area contributed by atoms with Crippen molar-refractivity contribution >= 4 is 23.5 Å². The summed E-state index contributed by atoms with van der Waals surface area (Å²) >= 11 is 0. The molecule has 2 aliphatic heterocycles. The molecule has 2 aromatic rings. The Balaban J connectivity index is 1.66. The molecule has 2 fully saturated rings. The number of nitrogens with zero attached hydrogens (tertiary/aromatic N) is 5. The highest BCUT2D eigenvalue weighted by atomic mass is 19.4. The predicted octanol–water partition coefficient (Wildman–Crippen LogP) is 4.60. The fraction of sp³-hybridized carbons (Fsp3) is 0.567. The van der Waals surface area contributed by atoms with E-state index in [4.69, 9.17) is 4.74 Å². The van der Waals surface area contributed by atoms with E-state index < -0.39 is 65.2 Å². The van der Waals surface area contributed by atoms with Crippen LogP contribution in [-0.4, -0.2) is 94.9 Å². The number of aliphatic hydroxyl groups is 1. The Kier molecular flexibility index (Phi) is 9.46. The lowest BCUT2D eigenvalue weighted by Gasteiger charge is -2.32. The van der Waals surface area contributed by atoms with Gasteiger partial charge in [0.2, 0.25) is 5.91 Å². The number of pyridine rings is 1. The van der Waals surface area contributed by atoms with E-state index in [0.717, 1.165) is 24.3 Å². The van der Waals surface area contributed by atoms with Gasteiger partial charge < -0.3 is 24.5 Å². The molecule has 0 spiro atoms. The van der Waals surface area contributed by atoms with E-state index in [1.807, 2.05) is 4.90 Å². The molecule has 0 bridgehead atoms. The highest BCUT2D eigenvalue weighted by Gasteiger charge is 2.46. The SMILES string of the molecule is CCN(C(=O)[C@@H]1C[C@H](N(C)[C@@H]2CN(C(=O)OC(C)(C)C)C[C@H]2O)CN1c1cc(C(F)(F)F)cc(C)n1)c1ccc(F)c(F)c1. The number of amides is 2. The van der Waals surface area contributed by atoms with E-state index in [1.165, 1.54) is 27.7 Å². The van der Waals surface area contributed by atoms with Gasteiger partial charge in [0.05, 0.1) is 24.3 Å². The average Bonchev–Trinajstić information content (AvgIpc) is 3.53. The van der Waals surface area contributed by atoms with Crippen molar-refractivity contribution in [1.29, 1.82) is 0 Å². The number of benzene rings is 1. The number of rotatable bonds is 6. The number of halogens is 5. The number of aliphatic hydroxyl groups excluding tert-OH is 1. The van der Waals surface area contributed by atoms with Crippen LogP contribution in [0.25, 0.3) is 0 Å². The first-order chi connectivity index (χ1) is 20.4. The van der Waals surface area contributed by atoms with Gasteiger partial charge in [-0.05, 0) is 72.4 Å². The number of carbonyl (C=O) groups excluding carboxylic acids is 2. The zero-order chi connectivity index (χ0) is 32.7. The van der Waals surface area contributed by atoms with Crippen LogP contribution in [0.2, 0.25) is 0 Å². The first kappa shape index (κ1) is 33.4. The zero-order valence-corrected chi connectivity index (χ0v) is 25.5. The van der Waals surface area contributed by atoms with Crippen molar-refractivity contribution in [3.8, 4) is 0 Å². The van der Waals surface area contributed by atoms with Crippen LogP contribution in [0.4, 0.5) is 38.3 Å². The number of anilines is 2. The molecule has 44 heavy (non-hydrogen) atoms. The van der Waals surface area contributed by atoms with Crippen molar-refractivity contribution < 1.29 is 41.4 Å². The van der Waals surface area contributed by atoms with Gasteiger partial charge in [-0.3, -0.25) is 9.69 Å². The summed E-state index contributed by atoms with van der Waals surface area (Å²) in [5.74, 6) is -2.82. The van der Waals surface area contributed by atoms with E-state index in [9.17, 15) is 36.6 Å². The van der Waals surface area contributed by atoms with Gasteiger partial charge >= 0.3 is 12.3 Å². The second-order valence-electron chi connectivity index (χ2n) is 12.3. The molecular formula is C30H38F5N5O4. The van der Waals surface area contributed by atoms with E-state index in [0.29, 0.717) is 0 Å². The summed E-state index contributed by atoms with van der Waals surface area (Å²) in [5.41, 5.74) is -1.46. The number of ether oxygens (including phenoxy) is 1. The summed E-state index contributed by atoms with van der Waals surface area (Å²) in [6.45, 7) is 8.58. The van der Waals surface area contributed by atoms with Gasteiger partial charge in [0.15, 0.2) is 11.6 Å². The van der Waals surface area contributed by atoms with Crippen LogP contribution in [0.1, 0.15) is 45.4 Å². The Hall–Kier alpha value is -3.52. The van der Waals surface area contributed by atoms with Crippen molar-refractivity contribution in [3.63, 3.8) is 0 Å². The zero-order valence-electron chi connectivity index (χ0n) is 25.5. The van der Waals surface area contributed by atoms with Crippen LogP contribution >= 0.6 is 0 Å². The number of alkyl halides is 3. The normalized spacial score (nSPS) is 22.6. The highest BCUT2D eigenvalue weighted by Crippen LogP contribution is 2.36. The Bertz CT molecular complexity index is 1380. The molecule has 0 unspecified atom stereocenters. The molecule has 2 amide bonds. The molecule has 1 aromatic heterocycles. The molecule has 0 aliphatic carbocycles. The minimum absolute atomic E-state index is 0.0246. The molecule has 3 heterocycles. The number of carbonyl (C=O) groups is 2. The Labute approximate surface area is 253 Å². The van der Waals surface area contributed by atoms with E-state index >= 15 is 0 Å². The second-order valence-corrected chi connectivity index (χ2v) is 12.3. The molecule has 4 rings (SSSR count). The first-order valence-electron chi connectivity index (χ1n) is 14.4. The lowest BCUT2D eigenvalue weighted by molar-refractivity contribution is -0.137. The maximum absolute atomic E-state index is 14.1. The van der Waals surface area contributed by atoms with Crippen LogP contribution in [0, 0.1) is 18.6 Å². The number of aryl methyl sites for hydroxylation is 1. The van der Waals surface area contributed by atoms with Crippen molar-refractivity contribution in [2.45, 2.75) is 77.0 Å². The fourth-order valence-corrected chi connectivity index (χ4v) is 5.77. The molecule has 1 aromatic carbocycles. The van der Waals surface area contributed by atoms with Crippen LogP contribution in [0.15, 0.2) is 30.3 Å². The Morgan fingerprint density at radius 3 is 2.34 bits per heavy atom. The minimum Gasteiger partial charge on any atom is -0.444 e.